The van der Waals surface area contributed by atoms with Crippen molar-refractivity contribution < 1.29 is 20.3 Å². The fraction of sp³-hybridized carbons (Fsp3) is 1.00. The molecule has 0 saturated heterocycles. The van der Waals surface area contributed by atoms with Crippen molar-refractivity contribution in [3.05, 3.63) is 5.21 Å². The molecular formula is C24H50NO5-. The van der Waals surface area contributed by atoms with Crippen molar-refractivity contribution in [2.75, 3.05) is 13.1 Å². The predicted octanol–water partition coefficient (Wildman–Crippen LogP) is 7.56. The highest BCUT2D eigenvalue weighted by atomic mass is 17.1. The molecular weight excluding hydrogens is 382 g/mol. The van der Waals surface area contributed by atoms with E-state index in [1.165, 1.54) is 77.0 Å². The van der Waals surface area contributed by atoms with Crippen molar-refractivity contribution in [1.29, 1.82) is 0 Å². The molecule has 0 aliphatic rings. The molecule has 0 aromatic heterocycles. The summed E-state index contributed by atoms with van der Waals surface area (Å²) >= 11 is 0. The maximum Gasteiger partial charge on any atom is 0.104 e. The van der Waals surface area contributed by atoms with Gasteiger partial charge >= 0.3 is 0 Å². The zero-order chi connectivity index (χ0) is 22.3. The lowest BCUT2D eigenvalue weighted by Crippen LogP contribution is -2.35. The summed E-state index contributed by atoms with van der Waals surface area (Å²) in [6, 6.07) is 0. The maximum absolute atomic E-state index is 12.2. The minimum Gasteiger partial charge on any atom is -0.785 e. The third-order valence-corrected chi connectivity index (χ3v) is 5.87. The van der Waals surface area contributed by atoms with E-state index in [-0.39, 0.29) is 13.1 Å². The summed E-state index contributed by atoms with van der Waals surface area (Å²) in [4.78, 5) is 9.01. The van der Waals surface area contributed by atoms with Gasteiger partial charge in [-0.1, -0.05) is 117 Å². The first kappa shape index (κ1) is 29.8. The van der Waals surface area contributed by atoms with E-state index in [1.54, 1.807) is 0 Å². The van der Waals surface area contributed by atoms with Crippen LogP contribution >= 0.6 is 0 Å². The maximum atomic E-state index is 12.2. The van der Waals surface area contributed by atoms with Crippen molar-refractivity contribution in [1.82, 2.24) is 5.06 Å². The summed E-state index contributed by atoms with van der Waals surface area (Å²) in [5, 5.41) is 31.2. The molecule has 0 rings (SSSR count). The van der Waals surface area contributed by atoms with Gasteiger partial charge in [0.15, 0.2) is 0 Å². The van der Waals surface area contributed by atoms with Gasteiger partial charge in [-0.2, -0.15) is 0 Å². The van der Waals surface area contributed by atoms with Crippen molar-refractivity contribution >= 4 is 0 Å². The van der Waals surface area contributed by atoms with Crippen molar-refractivity contribution in [2.45, 2.75) is 142 Å². The van der Waals surface area contributed by atoms with Gasteiger partial charge in [-0.25, -0.2) is 9.78 Å². The van der Waals surface area contributed by atoms with E-state index >= 15 is 0 Å². The van der Waals surface area contributed by atoms with Gasteiger partial charge in [-0.15, -0.1) is 0 Å². The van der Waals surface area contributed by atoms with Gasteiger partial charge < -0.3 is 10.3 Å². The van der Waals surface area contributed by atoms with Crippen LogP contribution in [0.5, 0.6) is 0 Å². The molecule has 0 aliphatic carbocycles. The van der Waals surface area contributed by atoms with Crippen molar-refractivity contribution in [2.24, 2.45) is 0 Å². The van der Waals surface area contributed by atoms with E-state index in [9.17, 15) is 5.21 Å². The average Bonchev–Trinajstić information content (AvgIpc) is 2.75. The van der Waals surface area contributed by atoms with Gasteiger partial charge in [0.05, 0.1) is 0 Å². The molecule has 0 spiro atoms. The molecule has 0 bridgehead atoms. The third kappa shape index (κ3) is 19.7. The molecule has 6 heteroatoms. The average molecular weight is 433 g/mol. The smallest absolute Gasteiger partial charge is 0.104 e. The third-order valence-electron chi connectivity index (χ3n) is 5.87. The highest BCUT2D eigenvalue weighted by Crippen LogP contribution is 2.14. The first-order chi connectivity index (χ1) is 14.7. The summed E-state index contributed by atoms with van der Waals surface area (Å²) in [7, 11) is 0. The Hall–Kier alpha value is -0.240. The van der Waals surface area contributed by atoms with E-state index in [0.29, 0.717) is 12.8 Å². The van der Waals surface area contributed by atoms with Gasteiger partial charge in [0.25, 0.3) is 0 Å². The molecule has 182 valence electrons. The van der Waals surface area contributed by atoms with Gasteiger partial charge in [0, 0.05) is 13.1 Å². The normalized spacial score (nSPS) is 13.8. The number of hydrogen-bond donors (Lipinski definition) is 2. The van der Waals surface area contributed by atoms with Crippen LogP contribution in [0, 0.1) is 5.21 Å². The minimum atomic E-state index is -0.481. The number of hydrogen-bond acceptors (Lipinski definition) is 6. The molecule has 0 aliphatic heterocycles. The Morgan fingerprint density at radius 3 is 1.17 bits per heavy atom. The van der Waals surface area contributed by atoms with Crippen molar-refractivity contribution in [3.8, 4) is 0 Å². The Kier molecular flexibility index (Phi) is 23.2. The molecule has 0 saturated carbocycles. The van der Waals surface area contributed by atoms with Gasteiger partial charge in [0.1, 0.15) is 12.2 Å². The second-order valence-corrected chi connectivity index (χ2v) is 8.83. The molecule has 2 atom stereocenters. The zero-order valence-electron chi connectivity index (χ0n) is 19.9. The Morgan fingerprint density at radius 1 is 0.567 bits per heavy atom. The lowest BCUT2D eigenvalue weighted by Gasteiger charge is -2.33. The lowest BCUT2D eigenvalue weighted by molar-refractivity contribution is -0.290. The predicted molar refractivity (Wildman–Crippen MR) is 124 cm³/mol. The molecule has 0 amide bonds. The fourth-order valence-electron chi connectivity index (χ4n) is 3.90. The summed E-state index contributed by atoms with van der Waals surface area (Å²) < 4.78 is 0. The van der Waals surface area contributed by atoms with Crippen LogP contribution in [-0.2, 0) is 9.78 Å². The Bertz CT molecular complexity index is 303. The highest BCUT2D eigenvalue weighted by molar-refractivity contribution is 4.70. The van der Waals surface area contributed by atoms with E-state index in [4.69, 9.17) is 10.5 Å². The van der Waals surface area contributed by atoms with Crippen LogP contribution in [-0.4, -0.2) is 40.9 Å². The van der Waals surface area contributed by atoms with Crippen LogP contribution < -0.4 is 0 Å². The van der Waals surface area contributed by atoms with Gasteiger partial charge in [-0.05, 0) is 12.8 Å². The molecule has 2 unspecified atom stereocenters. The zero-order valence-corrected chi connectivity index (χ0v) is 19.9. The Labute approximate surface area is 185 Å². The Morgan fingerprint density at radius 2 is 0.867 bits per heavy atom. The van der Waals surface area contributed by atoms with Crippen LogP contribution in [0.2, 0.25) is 0 Å². The summed E-state index contributed by atoms with van der Waals surface area (Å²) in [6.45, 7) is 4.65. The Balaban J connectivity index is 3.78. The summed E-state index contributed by atoms with van der Waals surface area (Å²) in [5.74, 6) is 0. The molecule has 0 aromatic carbocycles. The number of nitrogens with zero attached hydrogens (tertiary/aromatic N) is 1. The molecule has 0 aromatic rings. The highest BCUT2D eigenvalue weighted by Gasteiger charge is 2.14. The van der Waals surface area contributed by atoms with Crippen LogP contribution in [0.15, 0.2) is 0 Å². The molecule has 6 nitrogen and oxygen atoms in total. The summed E-state index contributed by atoms with van der Waals surface area (Å²) in [5.41, 5.74) is 0. The van der Waals surface area contributed by atoms with Crippen LogP contribution in [0.1, 0.15) is 129 Å². The molecule has 0 radical (unpaired) electrons. The van der Waals surface area contributed by atoms with Crippen molar-refractivity contribution in [3.63, 3.8) is 0 Å². The summed E-state index contributed by atoms with van der Waals surface area (Å²) in [6.07, 6.45) is 19.8. The van der Waals surface area contributed by atoms with Gasteiger partial charge in [0.2, 0.25) is 0 Å². The first-order valence-electron chi connectivity index (χ1n) is 12.7. The number of hydroxylamine groups is 2. The first-order valence-corrected chi connectivity index (χ1v) is 12.7. The minimum absolute atomic E-state index is 0.101. The second-order valence-electron chi connectivity index (χ2n) is 8.83. The fourth-order valence-corrected chi connectivity index (χ4v) is 3.90. The molecule has 0 fully saturated rings. The van der Waals surface area contributed by atoms with Crippen LogP contribution in [0.3, 0.4) is 0 Å². The quantitative estimate of drug-likeness (QED) is 0.0929. The van der Waals surface area contributed by atoms with Crippen LogP contribution in [0.25, 0.3) is 0 Å². The monoisotopic (exact) mass is 432 g/mol. The van der Waals surface area contributed by atoms with E-state index < -0.39 is 12.2 Å². The topological polar surface area (TPSA) is 85.2 Å². The van der Waals surface area contributed by atoms with E-state index in [1.807, 2.05) is 0 Å². The van der Waals surface area contributed by atoms with Gasteiger partial charge in [-0.3, -0.25) is 10.5 Å². The largest absolute Gasteiger partial charge is 0.785 e. The molecule has 30 heavy (non-hydrogen) atoms. The number of unbranched alkanes of at least 4 members (excludes halogenated alkanes) is 14. The second kappa shape index (κ2) is 23.4. The van der Waals surface area contributed by atoms with Crippen LogP contribution in [0.4, 0.5) is 0 Å². The molecule has 0 heterocycles. The standard InChI is InChI=1S/C24H50NO5/c1-3-5-7-9-11-13-15-17-19-23(29-27)21-25(26)22-24(30-28)20-18-16-14-12-10-8-6-4-2/h23-24,27-28H,3-22H2,1-2H3/q-1. The number of rotatable bonds is 24. The molecule has 2 N–H and O–H groups in total. The lowest BCUT2D eigenvalue weighted by atomic mass is 10.0. The SMILES string of the molecule is CCCCCCCCCCC(CN([O-])CC(CCCCCCCCCC)OO)OO. The van der Waals surface area contributed by atoms with E-state index in [2.05, 4.69) is 23.6 Å². The van der Waals surface area contributed by atoms with E-state index in [0.717, 1.165) is 30.7 Å².